The van der Waals surface area contributed by atoms with Gasteiger partial charge in [-0.1, -0.05) is 13.0 Å². The van der Waals surface area contributed by atoms with Gasteiger partial charge in [0.05, 0.1) is 27.5 Å². The number of alkyl halides is 6. The van der Waals surface area contributed by atoms with Crippen LogP contribution in [0.25, 0.3) is 16.9 Å². The standard InChI is InChI=1S/C17H12F6N2O2S/c1-2-28(26,27)14-7-10(16(18,19)20)3-5-12(14)13-9-25-8-11(17(21,22)23)4-6-15(25)24-13/h3-9H,2H2,1H3. The molecule has 11 heteroatoms. The fraction of sp³-hybridized carbons (Fsp3) is 0.235. The molecule has 4 nitrogen and oxygen atoms in total. The summed E-state index contributed by atoms with van der Waals surface area (Å²) in [4.78, 5) is 3.48. The number of fused-ring (bicyclic) bond motifs is 1. The molecular formula is C17H12F6N2O2S. The maximum Gasteiger partial charge on any atom is 0.417 e. The van der Waals surface area contributed by atoms with Crippen LogP contribution in [-0.4, -0.2) is 23.6 Å². The van der Waals surface area contributed by atoms with Crippen molar-refractivity contribution in [2.45, 2.75) is 24.2 Å². The molecule has 0 bridgehead atoms. The van der Waals surface area contributed by atoms with Gasteiger partial charge in [0, 0.05) is 18.0 Å². The van der Waals surface area contributed by atoms with Gasteiger partial charge in [-0.3, -0.25) is 0 Å². The largest absolute Gasteiger partial charge is 0.417 e. The molecule has 3 rings (SSSR count). The van der Waals surface area contributed by atoms with Crippen molar-refractivity contribution in [3.63, 3.8) is 0 Å². The highest BCUT2D eigenvalue weighted by atomic mass is 32.2. The lowest BCUT2D eigenvalue weighted by molar-refractivity contribution is -0.138. The van der Waals surface area contributed by atoms with Crippen molar-refractivity contribution in [3.05, 3.63) is 53.9 Å². The first-order valence-electron chi connectivity index (χ1n) is 7.83. The van der Waals surface area contributed by atoms with E-state index in [9.17, 15) is 34.8 Å². The second-order valence-corrected chi connectivity index (χ2v) is 8.17. The van der Waals surface area contributed by atoms with E-state index in [2.05, 4.69) is 4.98 Å². The summed E-state index contributed by atoms with van der Waals surface area (Å²) in [6.45, 7) is 1.28. The summed E-state index contributed by atoms with van der Waals surface area (Å²) in [5, 5.41) is 0. The minimum Gasteiger partial charge on any atom is -0.306 e. The van der Waals surface area contributed by atoms with Crippen LogP contribution in [-0.2, 0) is 22.2 Å². The number of benzene rings is 1. The average molecular weight is 422 g/mol. The molecule has 0 radical (unpaired) electrons. The van der Waals surface area contributed by atoms with E-state index in [0.29, 0.717) is 12.1 Å². The maximum atomic E-state index is 13.0. The Kier molecular flexibility index (Phi) is 4.69. The van der Waals surface area contributed by atoms with Gasteiger partial charge in [0.1, 0.15) is 5.65 Å². The summed E-state index contributed by atoms with van der Waals surface area (Å²) >= 11 is 0. The van der Waals surface area contributed by atoms with Crippen LogP contribution in [0, 0.1) is 0 Å². The van der Waals surface area contributed by atoms with E-state index >= 15 is 0 Å². The quantitative estimate of drug-likeness (QED) is 0.568. The Bertz CT molecular complexity index is 1150. The van der Waals surface area contributed by atoms with E-state index in [-0.39, 0.29) is 16.9 Å². The van der Waals surface area contributed by atoms with Crippen LogP contribution in [0.3, 0.4) is 0 Å². The molecule has 3 aromatic rings. The molecule has 0 N–H and O–H groups in total. The Morgan fingerprint density at radius 3 is 2.11 bits per heavy atom. The molecule has 0 saturated carbocycles. The third-order valence-electron chi connectivity index (χ3n) is 4.08. The highest BCUT2D eigenvalue weighted by molar-refractivity contribution is 7.91. The Morgan fingerprint density at radius 2 is 1.54 bits per heavy atom. The second kappa shape index (κ2) is 6.50. The van der Waals surface area contributed by atoms with E-state index in [1.807, 2.05) is 0 Å². The normalized spacial score (nSPS) is 13.2. The van der Waals surface area contributed by atoms with Crippen molar-refractivity contribution in [2.75, 3.05) is 5.75 Å². The highest BCUT2D eigenvalue weighted by Gasteiger charge is 2.33. The minimum atomic E-state index is -4.75. The molecule has 2 aromatic heterocycles. The lowest BCUT2D eigenvalue weighted by atomic mass is 10.1. The number of aromatic nitrogens is 2. The minimum absolute atomic E-state index is 0.0555. The third kappa shape index (κ3) is 3.71. The van der Waals surface area contributed by atoms with Gasteiger partial charge in [-0.05, 0) is 24.3 Å². The number of sulfone groups is 1. The molecule has 0 aliphatic carbocycles. The molecule has 0 fully saturated rings. The Morgan fingerprint density at radius 1 is 0.929 bits per heavy atom. The first-order chi connectivity index (χ1) is 12.8. The van der Waals surface area contributed by atoms with Gasteiger partial charge < -0.3 is 4.40 Å². The first kappa shape index (κ1) is 20.2. The fourth-order valence-electron chi connectivity index (χ4n) is 2.61. The highest BCUT2D eigenvalue weighted by Crippen LogP contribution is 2.36. The van der Waals surface area contributed by atoms with Crippen LogP contribution in [0.15, 0.2) is 47.6 Å². The summed E-state index contributed by atoms with van der Waals surface area (Å²) in [7, 11) is -4.06. The lowest BCUT2D eigenvalue weighted by Crippen LogP contribution is -2.10. The van der Waals surface area contributed by atoms with Gasteiger partial charge in [-0.25, -0.2) is 13.4 Å². The van der Waals surface area contributed by atoms with Crippen molar-refractivity contribution < 1.29 is 34.8 Å². The maximum absolute atomic E-state index is 13.0. The van der Waals surface area contributed by atoms with Crippen molar-refractivity contribution in [2.24, 2.45) is 0 Å². The van der Waals surface area contributed by atoms with Crippen molar-refractivity contribution in [3.8, 4) is 11.3 Å². The van der Waals surface area contributed by atoms with Crippen LogP contribution in [0.5, 0.6) is 0 Å². The first-order valence-corrected chi connectivity index (χ1v) is 9.48. The zero-order valence-corrected chi connectivity index (χ0v) is 15.0. The number of halogens is 6. The summed E-state index contributed by atoms with van der Waals surface area (Å²) in [6, 6.07) is 4.07. The Hall–Kier alpha value is -2.56. The monoisotopic (exact) mass is 422 g/mol. The summed E-state index contributed by atoms with van der Waals surface area (Å²) in [6.07, 6.45) is -7.44. The molecule has 0 unspecified atom stereocenters. The Labute approximate surface area is 155 Å². The summed E-state index contributed by atoms with van der Waals surface area (Å²) < 4.78 is 103. The van der Waals surface area contributed by atoms with Crippen LogP contribution in [0.1, 0.15) is 18.1 Å². The fourth-order valence-corrected chi connectivity index (χ4v) is 3.74. The number of hydrogen-bond acceptors (Lipinski definition) is 3. The second-order valence-electron chi connectivity index (χ2n) is 5.92. The number of nitrogens with zero attached hydrogens (tertiary/aromatic N) is 2. The van der Waals surface area contributed by atoms with Gasteiger partial charge in [-0.15, -0.1) is 0 Å². The smallest absolute Gasteiger partial charge is 0.306 e. The third-order valence-corrected chi connectivity index (χ3v) is 5.85. The predicted molar refractivity (Wildman–Crippen MR) is 88.4 cm³/mol. The van der Waals surface area contributed by atoms with Gasteiger partial charge in [0.25, 0.3) is 0 Å². The molecule has 0 aliphatic rings. The molecule has 0 amide bonds. The predicted octanol–water partition coefficient (Wildman–Crippen LogP) is 4.83. The van der Waals surface area contributed by atoms with Crippen molar-refractivity contribution in [1.82, 2.24) is 9.38 Å². The molecule has 0 spiro atoms. The van der Waals surface area contributed by atoms with Gasteiger partial charge >= 0.3 is 12.4 Å². The summed E-state index contributed by atoms with van der Waals surface area (Å²) in [5.74, 6) is -0.451. The summed E-state index contributed by atoms with van der Waals surface area (Å²) in [5.41, 5.74) is -2.18. The van der Waals surface area contributed by atoms with E-state index in [4.69, 9.17) is 0 Å². The number of imidazole rings is 1. The molecule has 0 aliphatic heterocycles. The molecule has 1 aromatic carbocycles. The van der Waals surface area contributed by atoms with E-state index < -0.39 is 44.0 Å². The molecule has 0 atom stereocenters. The van der Waals surface area contributed by atoms with E-state index in [1.165, 1.54) is 6.92 Å². The van der Waals surface area contributed by atoms with Gasteiger partial charge in [0.15, 0.2) is 9.84 Å². The van der Waals surface area contributed by atoms with Crippen molar-refractivity contribution >= 4 is 15.5 Å². The average Bonchev–Trinajstić information content (AvgIpc) is 3.02. The zero-order valence-electron chi connectivity index (χ0n) is 14.1. The van der Waals surface area contributed by atoms with Crippen LogP contribution >= 0.6 is 0 Å². The molecular weight excluding hydrogens is 410 g/mol. The van der Waals surface area contributed by atoms with Gasteiger partial charge in [0.2, 0.25) is 0 Å². The molecule has 2 heterocycles. The van der Waals surface area contributed by atoms with Crippen LogP contribution in [0.4, 0.5) is 26.3 Å². The number of pyridine rings is 1. The zero-order chi connectivity index (χ0) is 20.9. The lowest BCUT2D eigenvalue weighted by Gasteiger charge is -2.12. The molecule has 28 heavy (non-hydrogen) atoms. The Balaban J connectivity index is 2.23. The van der Waals surface area contributed by atoms with Crippen molar-refractivity contribution in [1.29, 1.82) is 0 Å². The SMILES string of the molecule is CCS(=O)(=O)c1cc(C(F)(F)F)ccc1-c1cn2cc(C(F)(F)F)ccc2n1. The van der Waals surface area contributed by atoms with Crippen LogP contribution < -0.4 is 0 Å². The number of hydrogen-bond donors (Lipinski definition) is 0. The molecule has 150 valence electrons. The van der Waals surface area contributed by atoms with E-state index in [1.54, 1.807) is 0 Å². The van der Waals surface area contributed by atoms with Crippen LogP contribution in [0.2, 0.25) is 0 Å². The van der Waals surface area contributed by atoms with E-state index in [0.717, 1.165) is 35.0 Å². The molecule has 0 saturated heterocycles. The topological polar surface area (TPSA) is 51.4 Å². The van der Waals surface area contributed by atoms with Gasteiger partial charge in [-0.2, -0.15) is 26.3 Å². The number of rotatable bonds is 3.